The van der Waals surface area contributed by atoms with Gasteiger partial charge in [-0.2, -0.15) is 0 Å². The number of hydrogen-bond donors (Lipinski definition) is 1. The predicted molar refractivity (Wildman–Crippen MR) is 86.2 cm³/mol. The van der Waals surface area contributed by atoms with E-state index < -0.39 is 0 Å². The smallest absolute Gasteiger partial charge is 0.253 e. The molecule has 1 aliphatic rings. The lowest BCUT2D eigenvalue weighted by molar-refractivity contribution is 0.0746. The fourth-order valence-electron chi connectivity index (χ4n) is 2.88. The highest BCUT2D eigenvalue weighted by Gasteiger charge is 2.24. The second-order valence-electron chi connectivity index (χ2n) is 5.44. The molecule has 1 aliphatic heterocycles. The normalized spacial score (nSPS) is 15.1. The fourth-order valence-corrected chi connectivity index (χ4v) is 2.88. The van der Waals surface area contributed by atoms with Crippen molar-refractivity contribution in [2.75, 3.05) is 31.1 Å². The van der Waals surface area contributed by atoms with E-state index in [-0.39, 0.29) is 5.91 Å². The summed E-state index contributed by atoms with van der Waals surface area (Å²) in [6, 6.07) is 9.40. The number of nitrogens with zero attached hydrogens (tertiary/aromatic N) is 5. The number of piperazine rings is 1. The Kier molecular flexibility index (Phi) is 3.38. The van der Waals surface area contributed by atoms with Crippen LogP contribution < -0.4 is 4.90 Å². The van der Waals surface area contributed by atoms with E-state index in [4.69, 9.17) is 0 Å². The number of aromatic nitrogens is 4. The maximum absolute atomic E-state index is 12.5. The summed E-state index contributed by atoms with van der Waals surface area (Å²) in [7, 11) is 0. The number of aromatic amines is 1. The number of rotatable bonds is 2. The molecule has 0 saturated carbocycles. The monoisotopic (exact) mass is 308 g/mol. The maximum Gasteiger partial charge on any atom is 0.253 e. The molecule has 0 aliphatic carbocycles. The Bertz CT molecular complexity index is 823. The Labute approximate surface area is 133 Å². The molecule has 116 valence electrons. The molecule has 3 heterocycles. The highest BCUT2D eigenvalue weighted by Crippen LogP contribution is 2.21. The minimum Gasteiger partial charge on any atom is -0.351 e. The predicted octanol–water partition coefficient (Wildman–Crippen LogP) is 1.32. The van der Waals surface area contributed by atoms with Gasteiger partial charge in [-0.15, -0.1) is 0 Å². The van der Waals surface area contributed by atoms with Crippen LogP contribution >= 0.6 is 0 Å². The van der Waals surface area contributed by atoms with Crippen molar-refractivity contribution < 1.29 is 4.79 Å². The third-order valence-electron chi connectivity index (χ3n) is 4.09. The van der Waals surface area contributed by atoms with Gasteiger partial charge in [-0.05, 0) is 12.1 Å². The van der Waals surface area contributed by atoms with Crippen LogP contribution in [0.25, 0.3) is 11.2 Å². The molecule has 7 heteroatoms. The molecule has 0 radical (unpaired) electrons. The summed E-state index contributed by atoms with van der Waals surface area (Å²) < 4.78 is 0. The molecule has 1 N–H and O–H groups in total. The Hall–Kier alpha value is -2.96. The van der Waals surface area contributed by atoms with Crippen LogP contribution in [0.15, 0.2) is 43.0 Å². The van der Waals surface area contributed by atoms with Crippen molar-refractivity contribution in [1.82, 2.24) is 24.8 Å². The van der Waals surface area contributed by atoms with E-state index in [2.05, 4.69) is 24.8 Å². The lowest BCUT2D eigenvalue weighted by atomic mass is 10.2. The van der Waals surface area contributed by atoms with Crippen molar-refractivity contribution in [3.8, 4) is 0 Å². The highest BCUT2D eigenvalue weighted by molar-refractivity contribution is 5.94. The third-order valence-corrected chi connectivity index (χ3v) is 4.09. The van der Waals surface area contributed by atoms with Crippen molar-refractivity contribution in [1.29, 1.82) is 0 Å². The van der Waals surface area contributed by atoms with Gasteiger partial charge in [-0.3, -0.25) is 4.79 Å². The van der Waals surface area contributed by atoms with E-state index in [9.17, 15) is 4.79 Å². The number of carbonyl (C=O) groups is 1. The van der Waals surface area contributed by atoms with Gasteiger partial charge >= 0.3 is 0 Å². The first-order valence-electron chi connectivity index (χ1n) is 7.56. The molecule has 0 atom stereocenters. The van der Waals surface area contributed by atoms with Gasteiger partial charge in [0.2, 0.25) is 0 Å². The standard InChI is InChI=1S/C16H16N6O/c23-16(12-4-2-1-3-5-12)22-8-6-21(7-9-22)15-13-14(18-10-17-13)19-11-20-15/h1-5,10-11H,6-9H2,(H,17,18,19,20). The lowest BCUT2D eigenvalue weighted by Crippen LogP contribution is -2.49. The average Bonchev–Trinajstić information content (AvgIpc) is 3.11. The first kappa shape index (κ1) is 13.7. The molecular formula is C16H16N6O. The van der Waals surface area contributed by atoms with Crippen LogP contribution in [-0.4, -0.2) is 56.9 Å². The molecule has 1 saturated heterocycles. The van der Waals surface area contributed by atoms with Crippen molar-refractivity contribution in [2.45, 2.75) is 0 Å². The van der Waals surface area contributed by atoms with Crippen LogP contribution in [0.4, 0.5) is 5.82 Å². The SMILES string of the molecule is O=C(c1ccccc1)N1CCN(c2ncnc3nc[nH]c23)CC1. The second kappa shape index (κ2) is 5.68. The molecule has 1 aromatic carbocycles. The van der Waals surface area contributed by atoms with E-state index in [0.717, 1.165) is 30.0 Å². The summed E-state index contributed by atoms with van der Waals surface area (Å²) in [5.41, 5.74) is 2.24. The van der Waals surface area contributed by atoms with E-state index in [0.29, 0.717) is 18.7 Å². The molecular weight excluding hydrogens is 292 g/mol. The molecule has 0 spiro atoms. The van der Waals surface area contributed by atoms with E-state index in [1.165, 1.54) is 6.33 Å². The molecule has 3 aromatic rings. The van der Waals surface area contributed by atoms with E-state index >= 15 is 0 Å². The minimum atomic E-state index is 0.0830. The lowest BCUT2D eigenvalue weighted by Gasteiger charge is -2.35. The zero-order chi connectivity index (χ0) is 15.6. The van der Waals surface area contributed by atoms with Gasteiger partial charge in [0, 0.05) is 31.7 Å². The first-order valence-corrected chi connectivity index (χ1v) is 7.56. The fraction of sp³-hybridized carbons (Fsp3) is 0.250. The number of anilines is 1. The summed E-state index contributed by atoms with van der Waals surface area (Å²) in [5, 5.41) is 0. The zero-order valence-corrected chi connectivity index (χ0v) is 12.5. The molecule has 4 rings (SSSR count). The van der Waals surface area contributed by atoms with Crippen molar-refractivity contribution in [2.24, 2.45) is 0 Å². The van der Waals surface area contributed by atoms with E-state index in [1.54, 1.807) is 6.33 Å². The number of benzene rings is 1. The zero-order valence-electron chi connectivity index (χ0n) is 12.5. The van der Waals surface area contributed by atoms with Gasteiger partial charge in [-0.1, -0.05) is 18.2 Å². The van der Waals surface area contributed by atoms with Crippen LogP contribution in [0.1, 0.15) is 10.4 Å². The summed E-state index contributed by atoms with van der Waals surface area (Å²) >= 11 is 0. The first-order chi connectivity index (χ1) is 11.3. The number of H-pyrrole nitrogens is 1. The van der Waals surface area contributed by atoms with E-state index in [1.807, 2.05) is 35.2 Å². The third kappa shape index (κ3) is 2.50. The summed E-state index contributed by atoms with van der Waals surface area (Å²) in [6.07, 6.45) is 3.15. The Morgan fingerprint density at radius 1 is 1.00 bits per heavy atom. The van der Waals surface area contributed by atoms with Crippen molar-refractivity contribution >= 4 is 22.9 Å². The topological polar surface area (TPSA) is 78.0 Å². The average molecular weight is 308 g/mol. The van der Waals surface area contributed by atoms with Gasteiger partial charge in [0.05, 0.1) is 6.33 Å². The summed E-state index contributed by atoms with van der Waals surface area (Å²) in [5.74, 6) is 0.930. The van der Waals surface area contributed by atoms with Crippen molar-refractivity contribution in [3.05, 3.63) is 48.5 Å². The molecule has 0 bridgehead atoms. The van der Waals surface area contributed by atoms with Gasteiger partial charge in [0.25, 0.3) is 5.91 Å². The Balaban J connectivity index is 1.49. The number of amides is 1. The number of fused-ring (bicyclic) bond motifs is 1. The largest absolute Gasteiger partial charge is 0.351 e. The molecule has 0 unspecified atom stereocenters. The van der Waals surface area contributed by atoms with Gasteiger partial charge in [0.15, 0.2) is 11.5 Å². The minimum absolute atomic E-state index is 0.0830. The second-order valence-corrected chi connectivity index (χ2v) is 5.44. The molecule has 2 aromatic heterocycles. The molecule has 23 heavy (non-hydrogen) atoms. The van der Waals surface area contributed by atoms with Gasteiger partial charge < -0.3 is 14.8 Å². The van der Waals surface area contributed by atoms with Crippen LogP contribution in [0.2, 0.25) is 0 Å². The summed E-state index contributed by atoms with van der Waals surface area (Å²) in [4.78, 5) is 32.3. The molecule has 7 nitrogen and oxygen atoms in total. The summed E-state index contributed by atoms with van der Waals surface area (Å²) in [6.45, 7) is 2.83. The Morgan fingerprint density at radius 2 is 1.78 bits per heavy atom. The number of nitrogens with one attached hydrogen (secondary N) is 1. The van der Waals surface area contributed by atoms with Crippen LogP contribution in [0.5, 0.6) is 0 Å². The molecule has 1 amide bonds. The van der Waals surface area contributed by atoms with Crippen LogP contribution in [0.3, 0.4) is 0 Å². The van der Waals surface area contributed by atoms with Gasteiger partial charge in [0.1, 0.15) is 11.8 Å². The maximum atomic E-state index is 12.5. The number of hydrogen-bond acceptors (Lipinski definition) is 5. The number of carbonyl (C=O) groups excluding carboxylic acids is 1. The molecule has 1 fully saturated rings. The van der Waals surface area contributed by atoms with Crippen LogP contribution in [0, 0.1) is 0 Å². The van der Waals surface area contributed by atoms with Crippen LogP contribution in [-0.2, 0) is 0 Å². The Morgan fingerprint density at radius 3 is 2.57 bits per heavy atom. The number of imidazole rings is 1. The van der Waals surface area contributed by atoms with Gasteiger partial charge in [-0.25, -0.2) is 15.0 Å². The highest BCUT2D eigenvalue weighted by atomic mass is 16.2. The van der Waals surface area contributed by atoms with Crippen molar-refractivity contribution in [3.63, 3.8) is 0 Å². The quantitative estimate of drug-likeness (QED) is 0.772.